The number of piperazine rings is 1. The summed E-state index contributed by atoms with van der Waals surface area (Å²) in [6, 6.07) is 5.68. The third-order valence-electron chi connectivity index (χ3n) is 3.58. The van der Waals surface area contributed by atoms with Gasteiger partial charge in [0.25, 0.3) is 0 Å². The number of nitrogens with one attached hydrogen (secondary N) is 1. The number of carbonyl (C=O) groups excluding carboxylic acids is 1. The highest BCUT2D eigenvalue weighted by atomic mass is 32.2. The molecule has 0 bridgehead atoms. The van der Waals surface area contributed by atoms with Crippen molar-refractivity contribution in [3.8, 4) is 0 Å². The topological polar surface area (TPSA) is 75.7 Å². The summed E-state index contributed by atoms with van der Waals surface area (Å²) in [4.78, 5) is 11.7. The van der Waals surface area contributed by atoms with Gasteiger partial charge in [-0.25, -0.2) is 13.2 Å². The molecule has 2 rings (SSSR count). The first-order valence-corrected chi connectivity index (χ1v) is 8.24. The fraction of sp³-hybridized carbons (Fsp3) is 0.500. The van der Waals surface area contributed by atoms with Crippen LogP contribution in [-0.4, -0.2) is 51.0 Å². The molecule has 0 amide bonds. The minimum atomic E-state index is -3.64. The number of nitrogens with zero attached hydrogens (tertiary/aromatic N) is 1. The molecule has 0 aliphatic carbocycles. The van der Waals surface area contributed by atoms with E-state index in [1.807, 2.05) is 13.8 Å². The van der Waals surface area contributed by atoms with Crippen LogP contribution in [0, 0.1) is 0 Å². The third-order valence-corrected chi connectivity index (χ3v) is 5.70. The monoisotopic (exact) mass is 312 g/mol. The first kappa shape index (κ1) is 15.9. The summed E-state index contributed by atoms with van der Waals surface area (Å²) in [5, 5.41) is 3.20. The van der Waals surface area contributed by atoms with E-state index in [2.05, 4.69) is 10.1 Å². The molecular weight excluding hydrogens is 292 g/mol. The fourth-order valence-corrected chi connectivity index (χ4v) is 4.48. The fourth-order valence-electron chi connectivity index (χ4n) is 2.61. The van der Waals surface area contributed by atoms with Crippen molar-refractivity contribution in [3.05, 3.63) is 29.8 Å². The van der Waals surface area contributed by atoms with E-state index in [-0.39, 0.29) is 22.5 Å². The number of ether oxygens (including phenoxy) is 1. The van der Waals surface area contributed by atoms with Crippen molar-refractivity contribution in [2.45, 2.75) is 30.8 Å². The van der Waals surface area contributed by atoms with Crippen LogP contribution in [0.1, 0.15) is 24.2 Å². The summed E-state index contributed by atoms with van der Waals surface area (Å²) in [5.41, 5.74) is 0.231. The third kappa shape index (κ3) is 3.09. The first-order valence-electron chi connectivity index (χ1n) is 6.80. The molecule has 116 valence electrons. The van der Waals surface area contributed by atoms with Gasteiger partial charge in [-0.1, -0.05) is 6.07 Å². The summed E-state index contributed by atoms with van der Waals surface area (Å²) in [7, 11) is -2.37. The van der Waals surface area contributed by atoms with E-state index >= 15 is 0 Å². The summed E-state index contributed by atoms with van der Waals surface area (Å²) < 4.78 is 31.8. The normalized spacial score (nSPS) is 23.8. The van der Waals surface area contributed by atoms with Crippen molar-refractivity contribution in [1.29, 1.82) is 0 Å². The number of sulfonamides is 1. The van der Waals surface area contributed by atoms with Crippen LogP contribution < -0.4 is 5.32 Å². The molecule has 1 heterocycles. The smallest absolute Gasteiger partial charge is 0.337 e. The van der Waals surface area contributed by atoms with E-state index < -0.39 is 16.0 Å². The molecule has 1 aromatic rings. The van der Waals surface area contributed by atoms with Gasteiger partial charge in [-0.2, -0.15) is 4.31 Å². The Bertz CT molecular complexity index is 620. The Morgan fingerprint density at radius 1 is 1.29 bits per heavy atom. The van der Waals surface area contributed by atoms with E-state index in [4.69, 9.17) is 0 Å². The zero-order valence-electron chi connectivity index (χ0n) is 12.4. The van der Waals surface area contributed by atoms with Crippen LogP contribution in [0.3, 0.4) is 0 Å². The molecule has 1 aromatic carbocycles. The molecule has 0 radical (unpaired) electrons. The minimum Gasteiger partial charge on any atom is -0.465 e. The first-order chi connectivity index (χ1) is 9.87. The lowest BCUT2D eigenvalue weighted by Crippen LogP contribution is -2.57. The van der Waals surface area contributed by atoms with Gasteiger partial charge >= 0.3 is 5.97 Å². The predicted octanol–water partition coefficient (Wildman–Crippen LogP) is 0.844. The summed E-state index contributed by atoms with van der Waals surface area (Å²) in [6.07, 6.45) is 0. The van der Waals surface area contributed by atoms with E-state index in [1.54, 1.807) is 6.07 Å². The average Bonchev–Trinajstić information content (AvgIpc) is 2.46. The molecule has 0 aromatic heterocycles. The van der Waals surface area contributed by atoms with E-state index in [1.165, 1.54) is 29.6 Å². The largest absolute Gasteiger partial charge is 0.465 e. The second-order valence-corrected chi connectivity index (χ2v) is 7.05. The number of rotatable bonds is 3. The van der Waals surface area contributed by atoms with E-state index in [0.29, 0.717) is 13.1 Å². The van der Waals surface area contributed by atoms with Gasteiger partial charge < -0.3 is 10.1 Å². The highest BCUT2D eigenvalue weighted by Crippen LogP contribution is 2.23. The van der Waals surface area contributed by atoms with Gasteiger partial charge in [-0.05, 0) is 32.0 Å². The molecule has 0 spiro atoms. The molecule has 1 aliphatic heterocycles. The quantitative estimate of drug-likeness (QED) is 0.837. The Balaban J connectivity index is 2.41. The Kier molecular flexibility index (Phi) is 4.65. The Morgan fingerprint density at radius 3 is 2.48 bits per heavy atom. The number of hydrogen-bond donors (Lipinski definition) is 1. The molecule has 21 heavy (non-hydrogen) atoms. The number of benzene rings is 1. The van der Waals surface area contributed by atoms with Gasteiger partial charge in [0.1, 0.15) is 0 Å². The van der Waals surface area contributed by atoms with Gasteiger partial charge in [0, 0.05) is 25.2 Å². The molecule has 7 heteroatoms. The maximum atomic E-state index is 12.8. The summed E-state index contributed by atoms with van der Waals surface area (Å²) in [5.74, 6) is -0.548. The molecular formula is C14H20N2O4S. The molecule has 2 unspecified atom stereocenters. The minimum absolute atomic E-state index is 0.117. The predicted molar refractivity (Wildman–Crippen MR) is 78.6 cm³/mol. The maximum Gasteiger partial charge on any atom is 0.337 e. The molecule has 2 atom stereocenters. The molecule has 1 saturated heterocycles. The maximum absolute atomic E-state index is 12.8. The lowest BCUT2D eigenvalue weighted by Gasteiger charge is -2.38. The lowest BCUT2D eigenvalue weighted by atomic mass is 10.2. The van der Waals surface area contributed by atoms with Crippen LogP contribution in [0.5, 0.6) is 0 Å². The molecule has 6 nitrogen and oxygen atoms in total. The van der Waals surface area contributed by atoms with Crippen molar-refractivity contribution >= 4 is 16.0 Å². The lowest BCUT2D eigenvalue weighted by molar-refractivity contribution is 0.0600. The van der Waals surface area contributed by atoms with Crippen LogP contribution in [0.15, 0.2) is 29.2 Å². The zero-order chi connectivity index (χ0) is 15.6. The van der Waals surface area contributed by atoms with Crippen molar-refractivity contribution in [3.63, 3.8) is 0 Å². The molecule has 1 aliphatic rings. The van der Waals surface area contributed by atoms with Crippen LogP contribution in [0.2, 0.25) is 0 Å². The summed E-state index contributed by atoms with van der Waals surface area (Å²) in [6.45, 7) is 4.95. The number of hydrogen-bond acceptors (Lipinski definition) is 5. The van der Waals surface area contributed by atoms with Crippen molar-refractivity contribution in [2.24, 2.45) is 0 Å². The number of esters is 1. The number of carbonyl (C=O) groups is 1. The molecule has 1 fully saturated rings. The van der Waals surface area contributed by atoms with Crippen molar-refractivity contribution < 1.29 is 17.9 Å². The number of methoxy groups -OCH3 is 1. The van der Waals surface area contributed by atoms with Crippen molar-refractivity contribution in [1.82, 2.24) is 9.62 Å². The van der Waals surface area contributed by atoms with Gasteiger partial charge in [0.05, 0.1) is 17.6 Å². The van der Waals surface area contributed by atoms with E-state index in [0.717, 1.165) is 0 Å². The van der Waals surface area contributed by atoms with Gasteiger partial charge in [-0.3, -0.25) is 0 Å². The van der Waals surface area contributed by atoms with Gasteiger partial charge in [0.2, 0.25) is 10.0 Å². The average molecular weight is 312 g/mol. The standard InChI is InChI=1S/C14H20N2O4S/c1-10-8-15-9-11(2)16(10)21(18,19)13-6-4-5-12(7-13)14(17)20-3/h4-7,10-11,15H,8-9H2,1-3H3. The molecule has 1 N–H and O–H groups in total. The summed E-state index contributed by atoms with van der Waals surface area (Å²) >= 11 is 0. The van der Waals surface area contributed by atoms with Crippen LogP contribution >= 0.6 is 0 Å². The Morgan fingerprint density at radius 2 is 1.90 bits per heavy atom. The van der Waals surface area contributed by atoms with Crippen LogP contribution in [0.4, 0.5) is 0 Å². The zero-order valence-corrected chi connectivity index (χ0v) is 13.2. The van der Waals surface area contributed by atoms with Crippen LogP contribution in [0.25, 0.3) is 0 Å². The highest BCUT2D eigenvalue weighted by molar-refractivity contribution is 7.89. The second kappa shape index (κ2) is 6.13. The molecule has 0 saturated carbocycles. The highest BCUT2D eigenvalue weighted by Gasteiger charge is 2.35. The Hall–Kier alpha value is -1.44. The second-order valence-electron chi connectivity index (χ2n) is 5.21. The van der Waals surface area contributed by atoms with Crippen molar-refractivity contribution in [2.75, 3.05) is 20.2 Å². The van der Waals surface area contributed by atoms with Crippen LogP contribution in [-0.2, 0) is 14.8 Å². The van der Waals surface area contributed by atoms with Gasteiger partial charge in [0.15, 0.2) is 0 Å². The Labute approximate surface area is 125 Å². The van der Waals surface area contributed by atoms with E-state index in [9.17, 15) is 13.2 Å². The van der Waals surface area contributed by atoms with Gasteiger partial charge in [-0.15, -0.1) is 0 Å². The SMILES string of the molecule is COC(=O)c1cccc(S(=O)(=O)N2C(C)CNCC2C)c1.